The molecule has 4 aromatic heterocycles. The number of nitriles is 2. The molecule has 0 atom stereocenters. The van der Waals surface area contributed by atoms with Crippen molar-refractivity contribution in [1.29, 1.82) is 10.5 Å². The summed E-state index contributed by atoms with van der Waals surface area (Å²) in [5.41, 5.74) is 8.54. The minimum absolute atomic E-state index is 0.428. The molecule has 0 amide bonds. The molecule has 0 saturated heterocycles. The van der Waals surface area contributed by atoms with E-state index in [2.05, 4.69) is 81.9 Å². The lowest BCUT2D eigenvalue weighted by atomic mass is 10.0. The summed E-state index contributed by atoms with van der Waals surface area (Å²) in [4.78, 5) is 0. The second-order valence-electron chi connectivity index (χ2n) is 12.7. The molecule has 4 heterocycles. The van der Waals surface area contributed by atoms with E-state index in [4.69, 9.17) is 8.83 Å². The van der Waals surface area contributed by atoms with Gasteiger partial charge in [0.15, 0.2) is 11.2 Å². The smallest absolute Gasteiger partial charge is 0.160 e. The van der Waals surface area contributed by atoms with Gasteiger partial charge in [-0.25, -0.2) is 0 Å². The Morgan fingerprint density at radius 1 is 0.380 bits per heavy atom. The molecule has 0 fully saturated rings. The van der Waals surface area contributed by atoms with E-state index in [0.717, 1.165) is 87.5 Å². The van der Waals surface area contributed by atoms with Crippen LogP contribution in [0, 0.1) is 22.7 Å². The summed E-state index contributed by atoms with van der Waals surface area (Å²) in [6, 6.07) is 49.5. The molecule has 0 bridgehead atoms. The van der Waals surface area contributed by atoms with Gasteiger partial charge in [-0.3, -0.25) is 0 Å². The van der Waals surface area contributed by atoms with Crippen LogP contribution in [-0.2, 0) is 0 Å². The summed E-state index contributed by atoms with van der Waals surface area (Å²) in [5, 5.41) is 29.8. The van der Waals surface area contributed by atoms with Crippen molar-refractivity contribution < 1.29 is 8.83 Å². The topological polar surface area (TPSA) is 83.7 Å². The summed E-state index contributed by atoms with van der Waals surface area (Å²) in [7, 11) is 0. The molecule has 11 aromatic rings. The Morgan fingerprint density at radius 3 is 1.20 bits per heavy atom. The second-order valence-corrected chi connectivity index (χ2v) is 12.7. The average Bonchev–Trinajstić information content (AvgIpc) is 3.92. The highest BCUT2D eigenvalue weighted by atomic mass is 16.3. The summed E-state index contributed by atoms with van der Waals surface area (Å²) in [5.74, 6) is 0. The Balaban J connectivity index is 1.41. The lowest BCUT2D eigenvalue weighted by molar-refractivity contribution is 0.670. The summed E-state index contributed by atoms with van der Waals surface area (Å²) >= 11 is 0. The zero-order valence-corrected chi connectivity index (χ0v) is 26.3. The van der Waals surface area contributed by atoms with E-state index in [1.165, 1.54) is 0 Å². The van der Waals surface area contributed by atoms with Crippen molar-refractivity contribution in [3.05, 3.63) is 145 Å². The molecule has 7 aromatic carbocycles. The lowest BCUT2D eigenvalue weighted by Crippen LogP contribution is -2.08. The quantitative estimate of drug-likeness (QED) is 0.189. The number of hydrogen-bond donors (Lipinski definition) is 0. The monoisotopic (exact) mass is 638 g/mol. The molecule has 0 radical (unpaired) electrons. The Kier molecular flexibility index (Phi) is 5.16. The zero-order valence-electron chi connectivity index (χ0n) is 26.3. The third-order valence-corrected chi connectivity index (χ3v) is 10.2. The van der Waals surface area contributed by atoms with Crippen LogP contribution in [0.3, 0.4) is 0 Å². The van der Waals surface area contributed by atoms with E-state index in [1.54, 1.807) is 12.1 Å². The number of hydrogen-bond acceptors (Lipinski definition) is 4. The minimum Gasteiger partial charge on any atom is -0.454 e. The van der Waals surface area contributed by atoms with Gasteiger partial charge in [0, 0.05) is 43.1 Å². The van der Waals surface area contributed by atoms with Crippen molar-refractivity contribution in [3.8, 4) is 23.5 Å². The molecule has 11 rings (SSSR count). The number of furan rings is 2. The van der Waals surface area contributed by atoms with Crippen molar-refractivity contribution in [2.45, 2.75) is 0 Å². The summed E-state index contributed by atoms with van der Waals surface area (Å²) < 4.78 is 17.6. The maximum Gasteiger partial charge on any atom is 0.160 e. The third kappa shape index (κ3) is 3.29. The summed E-state index contributed by atoms with van der Waals surface area (Å²) in [6.07, 6.45) is 0. The van der Waals surface area contributed by atoms with Crippen LogP contribution in [0.4, 0.5) is 0 Å². The van der Waals surface area contributed by atoms with E-state index in [1.807, 2.05) is 60.7 Å². The average molecular weight is 639 g/mol. The van der Waals surface area contributed by atoms with Crippen LogP contribution >= 0.6 is 0 Å². The molecule has 6 nitrogen and oxygen atoms in total. The first-order valence-corrected chi connectivity index (χ1v) is 16.4. The fraction of sp³-hybridized carbons (Fsp3) is 0. The molecule has 6 heteroatoms. The number of benzene rings is 7. The van der Waals surface area contributed by atoms with Crippen molar-refractivity contribution in [3.63, 3.8) is 0 Å². The van der Waals surface area contributed by atoms with Crippen LogP contribution in [0.1, 0.15) is 11.1 Å². The van der Waals surface area contributed by atoms with Crippen LogP contribution in [-0.4, -0.2) is 9.13 Å². The van der Waals surface area contributed by atoms with Crippen LogP contribution < -0.4 is 0 Å². The standard InChI is InChI=1S/C44H22N4O2/c45-23-25-17-18-26(24-46)40(48-36-14-6-2-10-28(36)32-20-22-34-30-12-4-8-16-38(30)50-44(34)42(32)48)39(25)47-35-13-5-1-9-27(35)31-19-21-33-29-11-3-7-15-37(29)49-43(33)41(31)47/h1-22H. The maximum absolute atomic E-state index is 10.9. The minimum atomic E-state index is 0.428. The largest absolute Gasteiger partial charge is 0.454 e. The number of fused-ring (bicyclic) bond motifs is 14. The SMILES string of the molecule is N#Cc1ccc(C#N)c(-n2c3ccccc3c3ccc4c5ccccc5oc4c32)c1-n1c2ccccc2c2ccc3c4ccccc4oc3c21. The highest BCUT2D eigenvalue weighted by Gasteiger charge is 2.28. The highest BCUT2D eigenvalue weighted by molar-refractivity contribution is 6.23. The van der Waals surface area contributed by atoms with Gasteiger partial charge in [0.05, 0.1) is 44.6 Å². The van der Waals surface area contributed by atoms with Crippen LogP contribution in [0.15, 0.2) is 142 Å². The first-order chi connectivity index (χ1) is 24.7. The van der Waals surface area contributed by atoms with Crippen LogP contribution in [0.2, 0.25) is 0 Å². The van der Waals surface area contributed by atoms with Gasteiger partial charge in [0.1, 0.15) is 23.3 Å². The second kappa shape index (κ2) is 9.64. The van der Waals surface area contributed by atoms with E-state index >= 15 is 0 Å². The first-order valence-electron chi connectivity index (χ1n) is 16.4. The predicted octanol–water partition coefficient (Wildman–Crippen LogP) is 11.4. The molecule has 0 aliphatic carbocycles. The van der Waals surface area contributed by atoms with Gasteiger partial charge in [-0.15, -0.1) is 0 Å². The van der Waals surface area contributed by atoms with Gasteiger partial charge in [0.2, 0.25) is 0 Å². The highest BCUT2D eigenvalue weighted by Crippen LogP contribution is 2.45. The molecule has 230 valence electrons. The molecule has 0 unspecified atom stereocenters. The molecule has 0 saturated carbocycles. The van der Waals surface area contributed by atoms with E-state index < -0.39 is 0 Å². The Labute approximate surface area is 283 Å². The van der Waals surface area contributed by atoms with Crippen molar-refractivity contribution in [1.82, 2.24) is 9.13 Å². The Morgan fingerprint density at radius 2 is 0.760 bits per heavy atom. The number of nitrogens with zero attached hydrogens (tertiary/aromatic N) is 4. The van der Waals surface area contributed by atoms with Crippen LogP contribution in [0.5, 0.6) is 0 Å². The maximum atomic E-state index is 10.9. The van der Waals surface area contributed by atoms with Crippen molar-refractivity contribution in [2.24, 2.45) is 0 Å². The normalized spacial score (nSPS) is 12.0. The van der Waals surface area contributed by atoms with Gasteiger partial charge in [-0.05, 0) is 48.5 Å². The van der Waals surface area contributed by atoms with E-state index in [-0.39, 0.29) is 0 Å². The molecule has 0 aliphatic heterocycles. The molecule has 50 heavy (non-hydrogen) atoms. The van der Waals surface area contributed by atoms with Gasteiger partial charge in [0.25, 0.3) is 0 Å². The number of aromatic nitrogens is 2. The van der Waals surface area contributed by atoms with Gasteiger partial charge in [-0.1, -0.05) is 84.9 Å². The molecule has 0 aliphatic rings. The molecule has 0 N–H and O–H groups in total. The van der Waals surface area contributed by atoms with E-state index in [0.29, 0.717) is 22.5 Å². The number of rotatable bonds is 2. The first kappa shape index (κ1) is 26.8. The van der Waals surface area contributed by atoms with Gasteiger partial charge >= 0.3 is 0 Å². The van der Waals surface area contributed by atoms with Crippen molar-refractivity contribution >= 4 is 87.5 Å². The Bertz CT molecular complexity index is 3130. The third-order valence-electron chi connectivity index (χ3n) is 10.2. The van der Waals surface area contributed by atoms with E-state index in [9.17, 15) is 10.5 Å². The molecule has 0 spiro atoms. The molecular weight excluding hydrogens is 617 g/mol. The zero-order chi connectivity index (χ0) is 33.1. The fourth-order valence-corrected chi connectivity index (χ4v) is 8.14. The number of para-hydroxylation sites is 4. The van der Waals surface area contributed by atoms with Gasteiger partial charge < -0.3 is 18.0 Å². The van der Waals surface area contributed by atoms with Crippen LogP contribution in [0.25, 0.3) is 98.9 Å². The fourth-order valence-electron chi connectivity index (χ4n) is 8.14. The predicted molar refractivity (Wildman–Crippen MR) is 199 cm³/mol. The van der Waals surface area contributed by atoms with Crippen molar-refractivity contribution in [2.75, 3.05) is 0 Å². The van der Waals surface area contributed by atoms with Gasteiger partial charge in [-0.2, -0.15) is 10.5 Å². The Hall–Kier alpha value is -7.28. The summed E-state index contributed by atoms with van der Waals surface area (Å²) in [6.45, 7) is 0. The lowest BCUT2D eigenvalue weighted by Gasteiger charge is -2.19. The molecular formula is C44H22N4O2.